The topological polar surface area (TPSA) is 68.0 Å². The Kier molecular flexibility index (Phi) is 3.66. The van der Waals surface area contributed by atoms with Gasteiger partial charge in [0.1, 0.15) is 10.0 Å². The normalized spacial score (nSPS) is 10.3. The lowest BCUT2D eigenvalue weighted by molar-refractivity contribution is 0.102. The molecule has 104 valence electrons. The number of amides is 1. The number of rotatable bonds is 3. The number of hydrogen-bond acceptors (Lipinski definition) is 4. The van der Waals surface area contributed by atoms with Gasteiger partial charge in [0, 0.05) is 11.1 Å². The fourth-order valence-electron chi connectivity index (χ4n) is 1.89. The molecule has 0 radical (unpaired) electrons. The van der Waals surface area contributed by atoms with Crippen LogP contribution < -0.4 is 11.1 Å². The van der Waals surface area contributed by atoms with E-state index < -0.39 is 0 Å². The summed E-state index contributed by atoms with van der Waals surface area (Å²) in [5.74, 6) is 0.194. The van der Waals surface area contributed by atoms with Crippen molar-refractivity contribution in [1.82, 2.24) is 4.98 Å². The van der Waals surface area contributed by atoms with Gasteiger partial charge in [0.05, 0.1) is 0 Å². The first kappa shape index (κ1) is 13.3. The first-order valence-electron chi connectivity index (χ1n) is 6.42. The zero-order valence-corrected chi connectivity index (χ0v) is 11.9. The third-order valence-electron chi connectivity index (χ3n) is 2.94. The monoisotopic (exact) mass is 295 g/mol. The predicted molar refractivity (Wildman–Crippen MR) is 86.4 cm³/mol. The summed E-state index contributed by atoms with van der Waals surface area (Å²) in [4.78, 5) is 16.5. The summed E-state index contributed by atoms with van der Waals surface area (Å²) in [6.07, 6.45) is 0. The molecule has 0 aliphatic carbocycles. The molecule has 1 aromatic heterocycles. The molecule has 0 atom stereocenters. The van der Waals surface area contributed by atoms with Crippen LogP contribution in [0.15, 0.2) is 60.7 Å². The Morgan fingerprint density at radius 2 is 1.62 bits per heavy atom. The Morgan fingerprint density at radius 3 is 2.29 bits per heavy atom. The highest BCUT2D eigenvalue weighted by Crippen LogP contribution is 2.33. The van der Waals surface area contributed by atoms with E-state index in [-0.39, 0.29) is 5.91 Å². The van der Waals surface area contributed by atoms with Crippen molar-refractivity contribution in [2.75, 3.05) is 11.1 Å². The van der Waals surface area contributed by atoms with E-state index in [0.717, 1.165) is 10.6 Å². The maximum atomic E-state index is 12.1. The van der Waals surface area contributed by atoms with Gasteiger partial charge in [0.2, 0.25) is 0 Å². The molecule has 5 heteroatoms. The summed E-state index contributed by atoms with van der Waals surface area (Å²) in [5, 5.41) is 4.04. The molecule has 0 aliphatic heterocycles. The summed E-state index contributed by atoms with van der Waals surface area (Å²) < 4.78 is 0. The number of carbonyl (C=O) groups is 1. The Bertz CT molecular complexity index is 754. The van der Waals surface area contributed by atoms with Crippen LogP contribution in [0.3, 0.4) is 0 Å². The zero-order valence-electron chi connectivity index (χ0n) is 11.1. The maximum Gasteiger partial charge on any atom is 0.256 e. The van der Waals surface area contributed by atoms with Crippen molar-refractivity contribution in [3.8, 4) is 10.6 Å². The molecule has 0 bridgehead atoms. The second-order valence-electron chi connectivity index (χ2n) is 4.42. The van der Waals surface area contributed by atoms with Crippen molar-refractivity contribution < 1.29 is 4.79 Å². The molecule has 1 amide bonds. The first-order chi connectivity index (χ1) is 10.2. The van der Waals surface area contributed by atoms with Crippen LogP contribution in [-0.4, -0.2) is 10.9 Å². The van der Waals surface area contributed by atoms with E-state index >= 15 is 0 Å². The average Bonchev–Trinajstić information content (AvgIpc) is 2.90. The van der Waals surface area contributed by atoms with E-state index in [9.17, 15) is 4.79 Å². The van der Waals surface area contributed by atoms with Gasteiger partial charge in [-0.25, -0.2) is 4.98 Å². The number of aromatic nitrogens is 1. The number of nitrogens with two attached hydrogens (primary N) is 1. The summed E-state index contributed by atoms with van der Waals surface area (Å²) in [6, 6.07) is 18.7. The van der Waals surface area contributed by atoms with Crippen LogP contribution in [0.4, 0.5) is 10.8 Å². The van der Waals surface area contributed by atoms with Crippen molar-refractivity contribution in [2.45, 2.75) is 0 Å². The quantitative estimate of drug-likeness (QED) is 0.775. The van der Waals surface area contributed by atoms with Gasteiger partial charge < -0.3 is 11.1 Å². The highest BCUT2D eigenvalue weighted by atomic mass is 32.1. The highest BCUT2D eigenvalue weighted by Gasteiger charge is 2.13. The number of nitrogens with zero attached hydrogens (tertiary/aromatic N) is 1. The lowest BCUT2D eigenvalue weighted by atomic mass is 10.2. The van der Waals surface area contributed by atoms with Crippen LogP contribution in [-0.2, 0) is 0 Å². The molecule has 0 unspecified atom stereocenters. The molecule has 4 nitrogen and oxygen atoms in total. The number of nitrogens with one attached hydrogen (secondary N) is 1. The minimum absolute atomic E-state index is 0.216. The minimum Gasteiger partial charge on any atom is -0.387 e. The molecule has 0 aliphatic rings. The SMILES string of the molecule is Nc1sc(-c2ccccc2)nc1NC(=O)c1ccccc1. The molecular weight excluding hydrogens is 282 g/mol. The van der Waals surface area contributed by atoms with Gasteiger partial charge in [0.15, 0.2) is 5.82 Å². The van der Waals surface area contributed by atoms with Gasteiger partial charge in [-0.1, -0.05) is 59.9 Å². The molecule has 0 fully saturated rings. The molecule has 3 N–H and O–H groups in total. The summed E-state index contributed by atoms with van der Waals surface area (Å²) >= 11 is 1.36. The van der Waals surface area contributed by atoms with Crippen LogP contribution in [0.5, 0.6) is 0 Å². The third-order valence-corrected chi connectivity index (χ3v) is 3.88. The van der Waals surface area contributed by atoms with Gasteiger partial charge >= 0.3 is 0 Å². The van der Waals surface area contributed by atoms with E-state index in [1.54, 1.807) is 12.1 Å². The second kappa shape index (κ2) is 5.76. The van der Waals surface area contributed by atoms with Gasteiger partial charge in [-0.05, 0) is 12.1 Å². The first-order valence-corrected chi connectivity index (χ1v) is 7.24. The maximum absolute atomic E-state index is 12.1. The van der Waals surface area contributed by atoms with Gasteiger partial charge in [-0.3, -0.25) is 4.79 Å². The van der Waals surface area contributed by atoms with Gasteiger partial charge in [0.25, 0.3) is 5.91 Å². The van der Waals surface area contributed by atoms with Crippen molar-refractivity contribution in [3.63, 3.8) is 0 Å². The fourth-order valence-corrected chi connectivity index (χ4v) is 2.69. The van der Waals surface area contributed by atoms with E-state index in [1.807, 2.05) is 48.5 Å². The molecule has 0 spiro atoms. The van der Waals surface area contributed by atoms with Crippen LogP contribution >= 0.6 is 11.3 Å². The lowest BCUT2D eigenvalue weighted by Gasteiger charge is -2.02. The molecular formula is C16H13N3OS. The zero-order chi connectivity index (χ0) is 14.7. The highest BCUT2D eigenvalue weighted by molar-refractivity contribution is 7.19. The number of carbonyl (C=O) groups excluding carboxylic acids is 1. The predicted octanol–water partition coefficient (Wildman–Crippen LogP) is 3.64. The minimum atomic E-state index is -0.216. The molecule has 3 rings (SSSR count). The van der Waals surface area contributed by atoms with E-state index in [2.05, 4.69) is 10.3 Å². The molecule has 1 heterocycles. The van der Waals surface area contributed by atoms with Crippen LogP contribution in [0.2, 0.25) is 0 Å². The molecule has 0 saturated heterocycles. The number of nitrogen functional groups attached to an aromatic ring is 1. The van der Waals surface area contributed by atoms with E-state index in [0.29, 0.717) is 16.4 Å². The summed E-state index contributed by atoms with van der Waals surface area (Å²) in [6.45, 7) is 0. The fraction of sp³-hybridized carbons (Fsp3) is 0. The number of benzene rings is 2. The van der Waals surface area contributed by atoms with Crippen molar-refractivity contribution >= 4 is 28.1 Å². The van der Waals surface area contributed by atoms with E-state index in [1.165, 1.54) is 11.3 Å². The Hall–Kier alpha value is -2.66. The second-order valence-corrected chi connectivity index (χ2v) is 5.45. The molecule has 2 aromatic carbocycles. The number of thiazole rings is 1. The van der Waals surface area contributed by atoms with E-state index in [4.69, 9.17) is 5.73 Å². The van der Waals surface area contributed by atoms with Crippen LogP contribution in [0, 0.1) is 0 Å². The summed E-state index contributed by atoms with van der Waals surface area (Å²) in [7, 11) is 0. The smallest absolute Gasteiger partial charge is 0.256 e. The van der Waals surface area contributed by atoms with Gasteiger partial charge in [-0.15, -0.1) is 0 Å². The summed E-state index contributed by atoms with van der Waals surface area (Å²) in [5.41, 5.74) is 7.50. The van der Waals surface area contributed by atoms with Crippen LogP contribution in [0.1, 0.15) is 10.4 Å². The van der Waals surface area contributed by atoms with Crippen molar-refractivity contribution in [3.05, 3.63) is 66.2 Å². The largest absolute Gasteiger partial charge is 0.387 e. The number of anilines is 2. The van der Waals surface area contributed by atoms with Crippen molar-refractivity contribution in [1.29, 1.82) is 0 Å². The van der Waals surface area contributed by atoms with Crippen molar-refractivity contribution in [2.24, 2.45) is 0 Å². The molecule has 0 saturated carbocycles. The van der Waals surface area contributed by atoms with Crippen LogP contribution in [0.25, 0.3) is 10.6 Å². The standard InChI is InChI=1S/C16H13N3OS/c17-13-14(18-15(20)11-7-3-1-4-8-11)19-16(21-13)12-9-5-2-6-10-12/h1-10H,17H2,(H,18,20). The Balaban J connectivity index is 1.84. The Morgan fingerprint density at radius 1 is 1.00 bits per heavy atom. The lowest BCUT2D eigenvalue weighted by Crippen LogP contribution is -2.12. The number of hydrogen-bond donors (Lipinski definition) is 2. The molecule has 21 heavy (non-hydrogen) atoms. The average molecular weight is 295 g/mol. The molecule has 3 aromatic rings. The third kappa shape index (κ3) is 2.93. The van der Waals surface area contributed by atoms with Gasteiger partial charge in [-0.2, -0.15) is 0 Å². The Labute approximate surface area is 126 Å².